The number of hydrogen-bond donors (Lipinski definition) is 1. The van der Waals surface area contributed by atoms with E-state index >= 15 is 0 Å². The molecular weight excluding hydrogens is 250 g/mol. The minimum absolute atomic E-state index is 0.301. The minimum Gasteiger partial charge on any atom is -0.473 e. The molecule has 0 aliphatic heterocycles. The number of aromatic nitrogens is 2. The molecule has 0 bridgehead atoms. The zero-order chi connectivity index (χ0) is 13.9. The molecule has 1 heterocycles. The molecule has 1 N–H and O–H groups in total. The van der Waals surface area contributed by atoms with Crippen LogP contribution in [0.5, 0.6) is 5.88 Å². The van der Waals surface area contributed by atoms with Gasteiger partial charge in [0.2, 0.25) is 5.88 Å². The van der Waals surface area contributed by atoms with Crippen LogP contribution < -0.4 is 10.1 Å². The Kier molecular flexibility index (Phi) is 4.20. The van der Waals surface area contributed by atoms with E-state index in [9.17, 15) is 0 Å². The normalized spacial score (nSPS) is 30.2. The van der Waals surface area contributed by atoms with Crippen LogP contribution in [0.25, 0.3) is 0 Å². The maximum absolute atomic E-state index is 6.06. The lowest BCUT2D eigenvalue weighted by atomic mass is 9.82. The molecule has 3 rings (SSSR count). The minimum atomic E-state index is 0.301. The monoisotopic (exact) mass is 275 g/mol. The van der Waals surface area contributed by atoms with E-state index in [4.69, 9.17) is 4.74 Å². The van der Waals surface area contributed by atoms with Crippen molar-refractivity contribution in [2.75, 3.05) is 0 Å². The van der Waals surface area contributed by atoms with Gasteiger partial charge in [-0.1, -0.05) is 13.8 Å². The molecule has 2 atom stereocenters. The molecule has 0 radical (unpaired) electrons. The van der Waals surface area contributed by atoms with E-state index in [-0.39, 0.29) is 0 Å². The first kappa shape index (κ1) is 13.8. The van der Waals surface area contributed by atoms with Crippen LogP contribution in [0.3, 0.4) is 0 Å². The SMILES string of the molecule is CC1CC(C)CC(Oc2cncc(CNC3CC3)n2)C1. The molecule has 2 fully saturated rings. The van der Waals surface area contributed by atoms with Crippen molar-refractivity contribution in [3.63, 3.8) is 0 Å². The summed E-state index contributed by atoms with van der Waals surface area (Å²) in [5, 5.41) is 3.46. The number of ether oxygens (including phenoxy) is 1. The lowest BCUT2D eigenvalue weighted by molar-refractivity contribution is 0.0960. The summed E-state index contributed by atoms with van der Waals surface area (Å²) >= 11 is 0. The van der Waals surface area contributed by atoms with Crippen molar-refractivity contribution in [2.24, 2.45) is 11.8 Å². The van der Waals surface area contributed by atoms with Gasteiger partial charge < -0.3 is 10.1 Å². The molecule has 2 unspecified atom stereocenters. The molecule has 0 saturated heterocycles. The Morgan fingerprint density at radius 2 is 1.90 bits per heavy atom. The molecule has 4 nitrogen and oxygen atoms in total. The fourth-order valence-corrected chi connectivity index (χ4v) is 3.20. The second kappa shape index (κ2) is 6.08. The van der Waals surface area contributed by atoms with Gasteiger partial charge in [0.05, 0.1) is 11.9 Å². The van der Waals surface area contributed by atoms with Crippen LogP contribution in [-0.4, -0.2) is 22.1 Å². The average molecular weight is 275 g/mol. The third kappa shape index (κ3) is 3.92. The van der Waals surface area contributed by atoms with Crippen molar-refractivity contribution in [1.82, 2.24) is 15.3 Å². The lowest BCUT2D eigenvalue weighted by Gasteiger charge is -2.31. The van der Waals surface area contributed by atoms with Crippen LogP contribution in [0.1, 0.15) is 51.6 Å². The van der Waals surface area contributed by atoms with Gasteiger partial charge in [-0.25, -0.2) is 4.98 Å². The number of rotatable bonds is 5. The van der Waals surface area contributed by atoms with Gasteiger partial charge in [0.1, 0.15) is 6.10 Å². The molecular formula is C16H25N3O. The van der Waals surface area contributed by atoms with Crippen molar-refractivity contribution < 1.29 is 4.74 Å². The summed E-state index contributed by atoms with van der Waals surface area (Å²) in [6.45, 7) is 5.42. The smallest absolute Gasteiger partial charge is 0.232 e. The number of nitrogens with one attached hydrogen (secondary N) is 1. The highest BCUT2D eigenvalue weighted by Gasteiger charge is 2.25. The maximum atomic E-state index is 6.06. The number of nitrogens with zero attached hydrogens (tertiary/aromatic N) is 2. The van der Waals surface area contributed by atoms with Gasteiger partial charge in [-0.3, -0.25) is 4.98 Å². The van der Waals surface area contributed by atoms with Gasteiger partial charge in [0, 0.05) is 18.8 Å². The van der Waals surface area contributed by atoms with Crippen molar-refractivity contribution in [2.45, 2.75) is 64.6 Å². The first-order valence-electron chi connectivity index (χ1n) is 7.90. The Bertz CT molecular complexity index is 437. The topological polar surface area (TPSA) is 47.0 Å². The number of hydrogen-bond acceptors (Lipinski definition) is 4. The predicted molar refractivity (Wildman–Crippen MR) is 78.5 cm³/mol. The van der Waals surface area contributed by atoms with Crippen LogP contribution in [0.15, 0.2) is 12.4 Å². The van der Waals surface area contributed by atoms with Gasteiger partial charge >= 0.3 is 0 Å². The Morgan fingerprint density at radius 3 is 2.60 bits per heavy atom. The summed E-state index contributed by atoms with van der Waals surface area (Å²) in [5.74, 6) is 2.18. The average Bonchev–Trinajstić information content (AvgIpc) is 3.19. The summed E-state index contributed by atoms with van der Waals surface area (Å²) in [5.41, 5.74) is 0.978. The van der Waals surface area contributed by atoms with Crippen LogP contribution in [0.2, 0.25) is 0 Å². The summed E-state index contributed by atoms with van der Waals surface area (Å²) in [6, 6.07) is 0.696. The highest BCUT2D eigenvalue weighted by atomic mass is 16.5. The molecule has 0 aromatic carbocycles. The summed E-state index contributed by atoms with van der Waals surface area (Å²) in [4.78, 5) is 8.83. The highest BCUT2D eigenvalue weighted by Crippen LogP contribution is 2.30. The Morgan fingerprint density at radius 1 is 1.15 bits per heavy atom. The fraction of sp³-hybridized carbons (Fsp3) is 0.750. The molecule has 0 amide bonds. The predicted octanol–water partition coefficient (Wildman–Crippen LogP) is 2.93. The van der Waals surface area contributed by atoms with E-state index in [2.05, 4.69) is 29.1 Å². The van der Waals surface area contributed by atoms with E-state index < -0.39 is 0 Å². The van der Waals surface area contributed by atoms with Crippen LogP contribution in [-0.2, 0) is 6.54 Å². The summed E-state index contributed by atoms with van der Waals surface area (Å²) in [6.07, 6.45) is 10.0. The first-order chi connectivity index (χ1) is 9.69. The third-order valence-electron chi connectivity index (χ3n) is 4.23. The zero-order valence-corrected chi connectivity index (χ0v) is 12.5. The molecule has 2 saturated carbocycles. The molecule has 20 heavy (non-hydrogen) atoms. The van der Waals surface area contributed by atoms with Crippen LogP contribution >= 0.6 is 0 Å². The van der Waals surface area contributed by atoms with Crippen LogP contribution in [0, 0.1) is 11.8 Å². The fourth-order valence-electron chi connectivity index (χ4n) is 3.20. The van der Waals surface area contributed by atoms with E-state index in [0.29, 0.717) is 18.0 Å². The third-order valence-corrected chi connectivity index (χ3v) is 4.23. The van der Waals surface area contributed by atoms with Gasteiger partial charge in [-0.2, -0.15) is 0 Å². The maximum Gasteiger partial charge on any atom is 0.232 e. The van der Waals surface area contributed by atoms with Crippen LogP contribution in [0.4, 0.5) is 0 Å². The quantitative estimate of drug-likeness (QED) is 0.897. The second-order valence-corrected chi connectivity index (χ2v) is 6.66. The molecule has 2 aliphatic rings. The molecule has 1 aromatic rings. The molecule has 2 aliphatic carbocycles. The Hall–Kier alpha value is -1.16. The first-order valence-corrected chi connectivity index (χ1v) is 7.90. The van der Waals surface area contributed by atoms with E-state index in [0.717, 1.165) is 36.9 Å². The standard InChI is InChI=1S/C16H25N3O/c1-11-5-12(2)7-15(6-11)20-16-10-17-8-14(19-16)9-18-13-3-4-13/h8,10-13,15,18H,3-7,9H2,1-2H3. The van der Waals surface area contributed by atoms with Crippen molar-refractivity contribution >= 4 is 0 Å². The van der Waals surface area contributed by atoms with E-state index in [1.807, 2.05) is 6.20 Å². The summed E-state index contributed by atoms with van der Waals surface area (Å²) in [7, 11) is 0. The van der Waals surface area contributed by atoms with Gasteiger partial charge in [-0.15, -0.1) is 0 Å². The van der Waals surface area contributed by atoms with E-state index in [1.54, 1.807) is 6.20 Å². The zero-order valence-electron chi connectivity index (χ0n) is 12.5. The Balaban J connectivity index is 1.57. The van der Waals surface area contributed by atoms with Gasteiger partial charge in [-0.05, 0) is 43.9 Å². The molecule has 1 aromatic heterocycles. The lowest BCUT2D eigenvalue weighted by Crippen LogP contribution is -2.29. The van der Waals surface area contributed by atoms with Crippen molar-refractivity contribution in [3.8, 4) is 5.88 Å². The van der Waals surface area contributed by atoms with Crippen molar-refractivity contribution in [1.29, 1.82) is 0 Å². The van der Waals surface area contributed by atoms with E-state index in [1.165, 1.54) is 19.3 Å². The van der Waals surface area contributed by atoms with Gasteiger partial charge in [0.15, 0.2) is 0 Å². The molecule has 4 heteroatoms. The largest absolute Gasteiger partial charge is 0.473 e. The second-order valence-electron chi connectivity index (χ2n) is 6.66. The summed E-state index contributed by atoms with van der Waals surface area (Å²) < 4.78 is 6.06. The van der Waals surface area contributed by atoms with Gasteiger partial charge in [0.25, 0.3) is 0 Å². The molecule has 110 valence electrons. The Labute approximate surface area is 121 Å². The molecule has 0 spiro atoms. The van der Waals surface area contributed by atoms with Crippen molar-refractivity contribution in [3.05, 3.63) is 18.1 Å². The highest BCUT2D eigenvalue weighted by molar-refractivity contribution is 5.09.